The number of carboxylic acids is 1. The van der Waals surface area contributed by atoms with Crippen LogP contribution in [0.25, 0.3) is 85.3 Å². The van der Waals surface area contributed by atoms with Gasteiger partial charge in [-0.25, -0.2) is 4.79 Å². The molecule has 0 bridgehead atoms. The lowest BCUT2D eigenvalue weighted by Crippen LogP contribution is -2.32. The quantitative estimate of drug-likeness (QED) is 0.102. The number of rotatable bonds is 5. The second-order valence-corrected chi connectivity index (χ2v) is 16.9. The molecule has 0 aliphatic heterocycles. The maximum Gasteiger partial charge on any atom is 0.336 e. The summed E-state index contributed by atoms with van der Waals surface area (Å²) in [6.45, 7) is 0. The van der Waals surface area contributed by atoms with Crippen LogP contribution in [0, 0.1) is 0 Å². The number of aromatic nitrogens is 2. The van der Waals surface area contributed by atoms with Crippen molar-refractivity contribution in [2.75, 3.05) is 0 Å². The molecule has 0 aliphatic rings. The van der Waals surface area contributed by atoms with Crippen molar-refractivity contribution in [2.24, 2.45) is 0 Å². The van der Waals surface area contributed by atoms with Gasteiger partial charge < -0.3 is 28.4 Å². The maximum atomic E-state index is 13.0. The van der Waals surface area contributed by atoms with Crippen LogP contribution in [-0.4, -0.2) is 20.5 Å². The number of hydrogen-bond acceptors (Lipinski definition) is 6. The van der Waals surface area contributed by atoms with Gasteiger partial charge in [-0.3, -0.25) is 0 Å². The Morgan fingerprint density at radius 2 is 1.29 bits per heavy atom. The summed E-state index contributed by atoms with van der Waals surface area (Å²) in [5.74, 6) is -1.33. The average molecular weight is 775 g/mol. The molecule has 266 valence electrons. The van der Waals surface area contributed by atoms with Crippen LogP contribution in [0.15, 0.2) is 156 Å². The number of carbonyl (C=O) groups is 1. The van der Waals surface area contributed by atoms with Crippen molar-refractivity contribution >= 4 is 104 Å². The fraction of sp³-hybridized carbons (Fsp3) is 0. The van der Waals surface area contributed by atoms with Gasteiger partial charge in [-0.1, -0.05) is 66.7 Å². The molecule has 0 spiro atoms. The number of nitrogens with zero attached hydrogens (tertiary/aromatic N) is 2. The van der Waals surface area contributed by atoms with Crippen LogP contribution in [0.1, 0.15) is 10.4 Å². The van der Waals surface area contributed by atoms with Crippen molar-refractivity contribution in [2.45, 2.75) is 0 Å². The van der Waals surface area contributed by atoms with Crippen molar-refractivity contribution < 1.29 is 33.2 Å². The number of fused-ring (bicyclic) bond motifs is 6. The molecular weight excluding hydrogens is 748 g/mol. The Morgan fingerprint density at radius 3 is 2.04 bits per heavy atom. The van der Waals surface area contributed by atoms with E-state index in [9.17, 15) is 24.3 Å². The highest BCUT2D eigenvalue weighted by atomic mass is 32.1. The third kappa shape index (κ3) is 5.54. The lowest BCUT2D eigenvalue weighted by atomic mass is 9.93. The normalized spacial score (nSPS) is 12.9. The molecule has 10 aromatic rings. The van der Waals surface area contributed by atoms with Crippen LogP contribution in [-0.2, 0) is 4.57 Å². The Balaban J connectivity index is 1.40. The molecule has 55 heavy (non-hydrogen) atoms. The standard InChI is InChI=1S/C44H27N2O6PS2/c47-44(48)30-21-28(53(49,50)51)19-20-29(30)43-31-22-41-35(45(26-11-3-1-4-12-26)33-15-7-9-17-39(33)54-41)24-37(31)52-38-25-36-42(23-32(38)43)55-40-18-10-8-16-34(40)46(36)27-13-5-2-6-14-27/h1-25H,(H2-,47,48,49,50,51). The van der Waals surface area contributed by atoms with E-state index in [4.69, 9.17) is 4.42 Å². The van der Waals surface area contributed by atoms with E-state index in [-0.39, 0.29) is 11.1 Å². The minimum Gasteiger partial charge on any atom is -0.775 e. The number of aromatic carboxylic acids is 1. The second-order valence-electron chi connectivity index (χ2n) is 13.1. The molecule has 11 heteroatoms. The van der Waals surface area contributed by atoms with Crippen molar-refractivity contribution in [3.8, 4) is 22.5 Å². The first-order valence-electron chi connectivity index (χ1n) is 17.3. The molecule has 0 fully saturated rings. The fourth-order valence-corrected chi connectivity index (χ4v) is 10.2. The highest BCUT2D eigenvalue weighted by Gasteiger charge is 2.25. The maximum absolute atomic E-state index is 13.0. The van der Waals surface area contributed by atoms with Gasteiger partial charge in [0.15, 0.2) is 7.60 Å². The second kappa shape index (κ2) is 12.7. The van der Waals surface area contributed by atoms with E-state index in [0.29, 0.717) is 27.5 Å². The first kappa shape index (κ1) is 33.4. The van der Waals surface area contributed by atoms with E-state index >= 15 is 0 Å². The highest BCUT2D eigenvalue weighted by Crippen LogP contribution is 2.44. The summed E-state index contributed by atoms with van der Waals surface area (Å²) in [6, 6.07) is 48.3. The van der Waals surface area contributed by atoms with Crippen molar-refractivity contribution in [1.29, 1.82) is 0 Å². The van der Waals surface area contributed by atoms with E-state index in [2.05, 4.69) is 57.7 Å². The summed E-state index contributed by atoms with van der Waals surface area (Å²) < 4.78 is 27.5. The molecule has 1 atom stereocenters. The molecule has 10 rings (SSSR count). The predicted octanol–water partition coefficient (Wildman–Crippen LogP) is 10.0. The smallest absolute Gasteiger partial charge is 0.336 e. The van der Waals surface area contributed by atoms with Gasteiger partial charge in [0, 0.05) is 51.6 Å². The van der Waals surface area contributed by atoms with Crippen molar-refractivity contribution in [1.82, 2.24) is 4.57 Å². The number of benzene rings is 7. The molecule has 0 amide bonds. The Bertz CT molecular complexity index is 3130. The van der Waals surface area contributed by atoms with Gasteiger partial charge >= 0.3 is 5.97 Å². The molecule has 1 unspecified atom stereocenters. The van der Waals surface area contributed by atoms with Crippen LogP contribution in [0.4, 0.5) is 0 Å². The SMILES string of the molecule is O=C(O)c1cc(P(=O)([O-])O)ccc1-c1c2cc3sc4ccccc4n(-c4ccccc4)c3cc2oc2cc3c(cc12)sc1ccccc1[n+]3-c1ccccc1. The molecular formula is C44H27N2O6PS2. The van der Waals surface area contributed by atoms with Crippen LogP contribution in [0.3, 0.4) is 0 Å². The highest BCUT2D eigenvalue weighted by molar-refractivity contribution is 7.58. The molecule has 0 saturated heterocycles. The molecule has 3 aromatic heterocycles. The molecule has 0 saturated carbocycles. The van der Waals surface area contributed by atoms with Crippen LogP contribution < -0.4 is 14.8 Å². The Hall–Kier alpha value is -6.13. The van der Waals surface area contributed by atoms with E-state index in [1.807, 2.05) is 84.9 Å². The molecule has 0 radical (unpaired) electrons. The predicted molar refractivity (Wildman–Crippen MR) is 220 cm³/mol. The lowest BCUT2D eigenvalue weighted by molar-refractivity contribution is -0.537. The zero-order valence-corrected chi connectivity index (χ0v) is 31.1. The molecule has 2 N–H and O–H groups in total. The summed E-state index contributed by atoms with van der Waals surface area (Å²) >= 11 is 3.23. The molecule has 0 aliphatic carbocycles. The van der Waals surface area contributed by atoms with Gasteiger partial charge in [0.05, 0.1) is 36.8 Å². The lowest BCUT2D eigenvalue weighted by Gasteiger charge is -2.20. The topological polar surface area (TPSA) is 120 Å². The molecule has 7 aromatic carbocycles. The third-order valence-electron chi connectivity index (χ3n) is 9.87. The first-order chi connectivity index (χ1) is 26.7. The monoisotopic (exact) mass is 774 g/mol. The number of para-hydroxylation sites is 4. The minimum atomic E-state index is -5.01. The summed E-state index contributed by atoms with van der Waals surface area (Å²) in [5.41, 5.74) is 7.37. The summed E-state index contributed by atoms with van der Waals surface area (Å²) in [4.78, 5) is 35.2. The zero-order chi connectivity index (χ0) is 37.4. The van der Waals surface area contributed by atoms with E-state index < -0.39 is 18.9 Å². The number of hydrogen-bond donors (Lipinski definition) is 2. The first-order valence-corrected chi connectivity index (χ1v) is 20.5. The zero-order valence-electron chi connectivity index (χ0n) is 28.6. The summed E-state index contributed by atoms with van der Waals surface area (Å²) in [5, 5.41) is 11.4. The van der Waals surface area contributed by atoms with E-state index in [1.165, 1.54) is 12.1 Å². The van der Waals surface area contributed by atoms with Crippen LogP contribution >= 0.6 is 30.3 Å². The average Bonchev–Trinajstić information content (AvgIpc) is 3.20. The Morgan fingerprint density at radius 1 is 0.655 bits per heavy atom. The minimum absolute atomic E-state index is 0.264. The molecule has 8 nitrogen and oxygen atoms in total. The van der Waals surface area contributed by atoms with Gasteiger partial charge in [-0.05, 0) is 60.2 Å². The Labute approximate surface area is 320 Å². The number of carboxylic acid groups (broad SMARTS) is 1. The van der Waals surface area contributed by atoms with Gasteiger partial charge in [0.2, 0.25) is 16.7 Å². The van der Waals surface area contributed by atoms with Crippen molar-refractivity contribution in [3.05, 3.63) is 157 Å². The van der Waals surface area contributed by atoms with Gasteiger partial charge in [0.1, 0.15) is 15.9 Å². The van der Waals surface area contributed by atoms with Gasteiger partial charge in [0.25, 0.3) is 0 Å². The third-order valence-corrected chi connectivity index (χ3v) is 13.0. The van der Waals surface area contributed by atoms with E-state index in [1.54, 1.807) is 22.7 Å². The Kier molecular flexibility index (Phi) is 7.74. The van der Waals surface area contributed by atoms with Gasteiger partial charge in [-0.15, -0.1) is 22.7 Å². The van der Waals surface area contributed by atoms with Crippen LogP contribution in [0.5, 0.6) is 0 Å². The van der Waals surface area contributed by atoms with Gasteiger partial charge in [-0.2, -0.15) is 4.57 Å². The van der Waals surface area contributed by atoms with E-state index in [0.717, 1.165) is 58.3 Å². The van der Waals surface area contributed by atoms with Crippen LogP contribution in [0.2, 0.25) is 0 Å². The summed E-state index contributed by atoms with van der Waals surface area (Å²) in [6.07, 6.45) is 0. The largest absolute Gasteiger partial charge is 0.775 e. The fourth-order valence-electron chi connectivity index (χ4n) is 7.49. The van der Waals surface area contributed by atoms with Crippen molar-refractivity contribution in [3.63, 3.8) is 0 Å². The molecule has 3 heterocycles. The summed E-state index contributed by atoms with van der Waals surface area (Å²) in [7, 11) is -5.01.